The number of hydrogen-bond donors (Lipinski definition) is 1. The van der Waals surface area contributed by atoms with Crippen LogP contribution in [0.15, 0.2) is 90.3 Å². The highest BCUT2D eigenvalue weighted by Crippen LogP contribution is 2.44. The summed E-state index contributed by atoms with van der Waals surface area (Å²) in [5.74, 6) is 0.994. The van der Waals surface area contributed by atoms with Crippen LogP contribution in [0.2, 0.25) is 5.02 Å². The van der Waals surface area contributed by atoms with Crippen molar-refractivity contribution in [1.82, 2.24) is 0 Å². The van der Waals surface area contributed by atoms with Crippen molar-refractivity contribution in [3.05, 3.63) is 118 Å². The van der Waals surface area contributed by atoms with E-state index in [4.69, 9.17) is 45.8 Å². The summed E-state index contributed by atoms with van der Waals surface area (Å²) in [4.78, 5) is 13.0. The number of methoxy groups -OCH3 is 3. The summed E-state index contributed by atoms with van der Waals surface area (Å²) in [6.07, 6.45) is 0. The minimum absolute atomic E-state index is 0.0350. The minimum atomic E-state index is -0.653. The molecule has 0 spiro atoms. The Labute approximate surface area is 253 Å². The lowest BCUT2D eigenvalue weighted by molar-refractivity contribution is 0.0733. The fourth-order valence-corrected chi connectivity index (χ4v) is 4.93. The van der Waals surface area contributed by atoms with Crippen molar-refractivity contribution in [2.45, 2.75) is 12.5 Å². The first kappa shape index (κ1) is 29.2. The maximum atomic E-state index is 13.0. The normalized spacial score (nSPS) is 13.7. The summed E-state index contributed by atoms with van der Waals surface area (Å²) in [5.41, 5.74) is 8.98. The smallest absolute Gasteiger partial charge is 0.343 e. The van der Waals surface area contributed by atoms with Crippen LogP contribution in [0.4, 0.5) is 0 Å². The first-order valence-corrected chi connectivity index (χ1v) is 13.4. The number of rotatable bonds is 9. The van der Waals surface area contributed by atoms with Crippen LogP contribution in [0.1, 0.15) is 33.0 Å². The Hall–Kier alpha value is -5.33. The Bertz CT molecular complexity index is 1720. The molecule has 0 saturated heterocycles. The Morgan fingerprint density at radius 1 is 0.930 bits per heavy atom. The number of carbonyl (C=O) groups excluding carboxylic acids is 1. The van der Waals surface area contributed by atoms with Crippen LogP contribution in [-0.2, 0) is 6.61 Å². The van der Waals surface area contributed by atoms with Crippen molar-refractivity contribution in [1.29, 1.82) is 5.26 Å². The van der Waals surface area contributed by atoms with Gasteiger partial charge in [-0.15, -0.1) is 0 Å². The van der Waals surface area contributed by atoms with Crippen LogP contribution in [-0.4, -0.2) is 27.3 Å². The van der Waals surface area contributed by atoms with Gasteiger partial charge in [-0.25, -0.2) is 4.79 Å². The quantitative estimate of drug-likeness (QED) is 0.173. The Morgan fingerprint density at radius 2 is 1.60 bits per heavy atom. The van der Waals surface area contributed by atoms with Crippen molar-refractivity contribution < 1.29 is 33.2 Å². The first-order chi connectivity index (χ1) is 20.9. The maximum absolute atomic E-state index is 13.0. The fourth-order valence-electron chi connectivity index (χ4n) is 4.74. The Kier molecular flexibility index (Phi) is 8.60. The average molecular weight is 599 g/mol. The number of benzene rings is 4. The molecule has 0 aromatic heterocycles. The molecule has 0 bridgehead atoms. The van der Waals surface area contributed by atoms with Gasteiger partial charge >= 0.3 is 5.97 Å². The van der Waals surface area contributed by atoms with Crippen molar-refractivity contribution in [2.24, 2.45) is 5.73 Å². The number of hydrogen-bond acceptors (Lipinski definition) is 9. The second-order valence-corrected chi connectivity index (χ2v) is 9.78. The number of allylic oxidation sites excluding steroid dienone is 1. The van der Waals surface area contributed by atoms with Gasteiger partial charge in [-0.1, -0.05) is 48.0 Å². The fraction of sp³-hybridized carbons (Fsp3) is 0.152. The van der Waals surface area contributed by atoms with Gasteiger partial charge in [0.05, 0.1) is 32.8 Å². The molecule has 2 N–H and O–H groups in total. The van der Waals surface area contributed by atoms with Gasteiger partial charge in [0.25, 0.3) is 0 Å². The third-order valence-corrected chi connectivity index (χ3v) is 7.24. The largest absolute Gasteiger partial charge is 0.493 e. The molecular formula is C33H27ClN2O7. The molecule has 4 aromatic carbocycles. The molecule has 1 unspecified atom stereocenters. The number of nitriles is 1. The zero-order valence-corrected chi connectivity index (χ0v) is 24.3. The molecular weight excluding hydrogens is 572 g/mol. The molecule has 4 aromatic rings. The molecule has 10 heteroatoms. The van der Waals surface area contributed by atoms with Crippen molar-refractivity contribution in [2.75, 3.05) is 21.3 Å². The number of nitrogens with two attached hydrogens (primary N) is 1. The van der Waals surface area contributed by atoms with Crippen LogP contribution < -0.4 is 34.2 Å². The molecule has 0 amide bonds. The van der Waals surface area contributed by atoms with Crippen LogP contribution >= 0.6 is 11.6 Å². The Balaban J connectivity index is 1.39. The second kappa shape index (κ2) is 12.7. The summed E-state index contributed by atoms with van der Waals surface area (Å²) >= 11 is 6.23. The zero-order chi connectivity index (χ0) is 30.5. The van der Waals surface area contributed by atoms with E-state index in [9.17, 15) is 10.1 Å². The SMILES string of the molecule is COc1cc(C(=O)Oc2ccc3c(c2)OC(N)=C(C#N)C3c2ccc(OCc3ccccc3Cl)cc2)cc(OC)c1OC. The van der Waals surface area contributed by atoms with Crippen LogP contribution in [0.3, 0.4) is 0 Å². The van der Waals surface area contributed by atoms with E-state index in [0.717, 1.165) is 11.1 Å². The van der Waals surface area contributed by atoms with Crippen LogP contribution in [0.5, 0.6) is 34.5 Å². The average Bonchev–Trinajstić information content (AvgIpc) is 3.03. The molecule has 1 heterocycles. The van der Waals surface area contributed by atoms with E-state index < -0.39 is 11.9 Å². The number of halogens is 1. The van der Waals surface area contributed by atoms with E-state index in [1.54, 1.807) is 18.2 Å². The molecule has 0 saturated carbocycles. The molecule has 0 radical (unpaired) electrons. The van der Waals surface area contributed by atoms with E-state index in [0.29, 0.717) is 45.9 Å². The summed E-state index contributed by atoms with van der Waals surface area (Å²) < 4.78 is 33.3. The predicted octanol–water partition coefficient (Wildman–Crippen LogP) is 6.38. The van der Waals surface area contributed by atoms with E-state index >= 15 is 0 Å². The van der Waals surface area contributed by atoms with Crippen molar-refractivity contribution >= 4 is 17.6 Å². The molecule has 218 valence electrons. The van der Waals surface area contributed by atoms with Crippen LogP contribution in [0.25, 0.3) is 0 Å². The Morgan fingerprint density at radius 3 is 2.23 bits per heavy atom. The molecule has 1 atom stereocenters. The maximum Gasteiger partial charge on any atom is 0.343 e. The molecule has 9 nitrogen and oxygen atoms in total. The molecule has 0 aliphatic carbocycles. The van der Waals surface area contributed by atoms with Crippen LogP contribution in [0, 0.1) is 11.3 Å². The highest BCUT2D eigenvalue weighted by molar-refractivity contribution is 6.31. The number of nitrogens with zero attached hydrogens (tertiary/aromatic N) is 1. The second-order valence-electron chi connectivity index (χ2n) is 9.38. The summed E-state index contributed by atoms with van der Waals surface area (Å²) in [6, 6.07) is 24.9. The molecule has 5 rings (SSSR count). The summed E-state index contributed by atoms with van der Waals surface area (Å²) in [6.45, 7) is 0.313. The number of ether oxygens (including phenoxy) is 6. The summed E-state index contributed by atoms with van der Waals surface area (Å²) in [5, 5.41) is 10.6. The molecule has 43 heavy (non-hydrogen) atoms. The molecule has 1 aliphatic rings. The number of carbonyl (C=O) groups is 1. The lowest BCUT2D eigenvalue weighted by atomic mass is 9.83. The van der Waals surface area contributed by atoms with Gasteiger partial charge in [-0.05, 0) is 42.0 Å². The lowest BCUT2D eigenvalue weighted by Crippen LogP contribution is -2.21. The third kappa shape index (κ3) is 6.01. The van der Waals surface area contributed by atoms with Gasteiger partial charge in [-0.3, -0.25) is 0 Å². The lowest BCUT2D eigenvalue weighted by Gasteiger charge is -2.27. The van der Waals surface area contributed by atoms with Gasteiger partial charge in [0.1, 0.15) is 35.5 Å². The number of fused-ring (bicyclic) bond motifs is 1. The third-order valence-electron chi connectivity index (χ3n) is 6.87. The molecule has 0 fully saturated rings. The number of esters is 1. The minimum Gasteiger partial charge on any atom is -0.493 e. The highest BCUT2D eigenvalue weighted by Gasteiger charge is 2.31. The van der Waals surface area contributed by atoms with Crippen molar-refractivity contribution in [3.8, 4) is 40.6 Å². The predicted molar refractivity (Wildman–Crippen MR) is 159 cm³/mol. The van der Waals surface area contributed by atoms with Gasteiger partial charge < -0.3 is 34.2 Å². The van der Waals surface area contributed by atoms with E-state index in [-0.39, 0.29) is 22.8 Å². The van der Waals surface area contributed by atoms with Gasteiger partial charge in [0, 0.05) is 22.2 Å². The molecule has 1 aliphatic heterocycles. The van der Waals surface area contributed by atoms with Gasteiger partial charge in [-0.2, -0.15) is 5.26 Å². The van der Waals surface area contributed by atoms with Gasteiger partial charge in [0.2, 0.25) is 11.6 Å². The zero-order valence-electron chi connectivity index (χ0n) is 23.6. The first-order valence-electron chi connectivity index (χ1n) is 13.1. The topological polar surface area (TPSA) is 122 Å². The highest BCUT2D eigenvalue weighted by atomic mass is 35.5. The van der Waals surface area contributed by atoms with Gasteiger partial charge in [0.15, 0.2) is 11.5 Å². The van der Waals surface area contributed by atoms with Crippen molar-refractivity contribution in [3.63, 3.8) is 0 Å². The van der Waals surface area contributed by atoms with E-state index in [2.05, 4.69) is 6.07 Å². The van der Waals surface area contributed by atoms with E-state index in [1.165, 1.54) is 33.5 Å². The summed E-state index contributed by atoms with van der Waals surface area (Å²) in [7, 11) is 4.39. The standard InChI is InChI=1S/C33H27ClN2O7/c1-38-28-14-21(15-29(39-2)31(28)40-3)33(37)42-23-12-13-24-27(16-23)43-32(36)25(17-35)30(24)19-8-10-22(11-9-19)41-18-20-6-4-5-7-26(20)34/h4-16,30H,18,36H2,1-3H3. The van der Waals surface area contributed by atoms with E-state index in [1.807, 2.05) is 48.5 Å². The monoisotopic (exact) mass is 598 g/mol.